The van der Waals surface area contributed by atoms with Gasteiger partial charge in [-0.3, -0.25) is 4.79 Å². The van der Waals surface area contributed by atoms with Crippen LogP contribution < -0.4 is 5.43 Å². The Balaban J connectivity index is 1.76. The lowest BCUT2D eigenvalue weighted by Gasteiger charge is -2.35. The van der Waals surface area contributed by atoms with Crippen molar-refractivity contribution in [3.8, 4) is 0 Å². The molecular weight excluding hydrogens is 466 g/mol. The van der Waals surface area contributed by atoms with Gasteiger partial charge in [0.2, 0.25) is 0 Å². The predicted molar refractivity (Wildman–Crippen MR) is 129 cm³/mol. The maximum Gasteiger partial charge on any atom is 0.430 e. The quantitative estimate of drug-likeness (QED) is 0.481. The van der Waals surface area contributed by atoms with E-state index in [0.717, 1.165) is 21.0 Å². The summed E-state index contributed by atoms with van der Waals surface area (Å²) in [5, 5.41) is 0.788. The summed E-state index contributed by atoms with van der Waals surface area (Å²) >= 11 is 0. The van der Waals surface area contributed by atoms with Crippen molar-refractivity contribution in [3.05, 3.63) is 71.8 Å². The van der Waals surface area contributed by atoms with Crippen LogP contribution in [0.25, 0.3) is 0 Å². The van der Waals surface area contributed by atoms with Gasteiger partial charge in [0.25, 0.3) is 5.91 Å². The number of carbonyl (C=O) groups is 4. The number of rotatable bonds is 5. The zero-order valence-electron chi connectivity index (χ0n) is 20.9. The number of hydrogen-bond donors (Lipinski definition) is 1. The number of amides is 4. The molecule has 2 aromatic rings. The Bertz CT molecular complexity index is 1090. The normalized spacial score (nSPS) is 17.3. The maximum atomic E-state index is 13.3. The SMILES string of the molecule is CC(C)(C)OC(=O)N1CCC(C)(N(NC(=O)OCc2ccccc2)C(=O)OCc2ccccc2)C1=O. The van der Waals surface area contributed by atoms with Crippen molar-refractivity contribution in [2.24, 2.45) is 0 Å². The van der Waals surface area contributed by atoms with Crippen LogP contribution in [0.1, 0.15) is 45.2 Å². The molecule has 0 saturated carbocycles. The van der Waals surface area contributed by atoms with Crippen LogP contribution in [0.2, 0.25) is 0 Å². The molecule has 1 aliphatic heterocycles. The number of ether oxygens (including phenoxy) is 3. The molecule has 10 nitrogen and oxygen atoms in total. The molecule has 4 amide bonds. The van der Waals surface area contributed by atoms with Crippen molar-refractivity contribution in [2.75, 3.05) is 6.54 Å². The van der Waals surface area contributed by atoms with Gasteiger partial charge in [-0.2, -0.15) is 0 Å². The largest absolute Gasteiger partial charge is 0.443 e. The topological polar surface area (TPSA) is 114 Å². The summed E-state index contributed by atoms with van der Waals surface area (Å²) in [6.07, 6.45) is -2.72. The minimum absolute atomic E-state index is 0.00649. The number of nitrogens with zero attached hydrogens (tertiary/aromatic N) is 2. The van der Waals surface area contributed by atoms with E-state index >= 15 is 0 Å². The lowest BCUT2D eigenvalue weighted by molar-refractivity contribution is -0.137. The highest BCUT2D eigenvalue weighted by Crippen LogP contribution is 2.30. The fraction of sp³-hybridized carbons (Fsp3) is 0.385. The van der Waals surface area contributed by atoms with Crippen LogP contribution in [0.5, 0.6) is 0 Å². The smallest absolute Gasteiger partial charge is 0.430 e. The van der Waals surface area contributed by atoms with Gasteiger partial charge in [-0.15, -0.1) is 0 Å². The predicted octanol–water partition coefficient (Wildman–Crippen LogP) is 4.39. The van der Waals surface area contributed by atoms with E-state index in [1.807, 2.05) is 12.1 Å². The Labute approximate surface area is 210 Å². The zero-order chi connectivity index (χ0) is 26.3. The molecule has 0 radical (unpaired) electrons. The fourth-order valence-corrected chi connectivity index (χ4v) is 3.53. The number of carbonyl (C=O) groups excluding carboxylic acids is 4. The number of nitrogens with one attached hydrogen (secondary N) is 1. The molecule has 1 atom stereocenters. The van der Waals surface area contributed by atoms with Crippen LogP contribution in [-0.2, 0) is 32.2 Å². The second kappa shape index (κ2) is 11.1. The summed E-state index contributed by atoms with van der Waals surface area (Å²) in [7, 11) is 0. The molecule has 36 heavy (non-hydrogen) atoms. The summed E-state index contributed by atoms with van der Waals surface area (Å²) in [4.78, 5) is 52.5. The van der Waals surface area contributed by atoms with Crippen molar-refractivity contribution >= 4 is 24.2 Å². The van der Waals surface area contributed by atoms with Gasteiger partial charge in [0, 0.05) is 6.54 Å². The number of imide groups is 1. The average molecular weight is 498 g/mol. The van der Waals surface area contributed by atoms with Crippen LogP contribution in [0, 0.1) is 0 Å². The molecule has 0 spiro atoms. The van der Waals surface area contributed by atoms with Gasteiger partial charge in [-0.25, -0.2) is 29.7 Å². The monoisotopic (exact) mass is 497 g/mol. The first-order valence-corrected chi connectivity index (χ1v) is 11.5. The number of hydrazine groups is 1. The third-order valence-electron chi connectivity index (χ3n) is 5.44. The first-order valence-electron chi connectivity index (χ1n) is 11.5. The van der Waals surface area contributed by atoms with E-state index in [1.165, 1.54) is 6.92 Å². The van der Waals surface area contributed by atoms with Crippen LogP contribution in [0.15, 0.2) is 60.7 Å². The Morgan fingerprint density at radius 1 is 0.944 bits per heavy atom. The molecule has 1 heterocycles. The molecule has 0 bridgehead atoms. The molecule has 10 heteroatoms. The summed E-state index contributed by atoms with van der Waals surface area (Å²) in [6, 6.07) is 17.9. The summed E-state index contributed by atoms with van der Waals surface area (Å²) < 4.78 is 15.9. The van der Waals surface area contributed by atoms with Gasteiger partial charge in [0.1, 0.15) is 24.4 Å². The van der Waals surface area contributed by atoms with E-state index in [2.05, 4.69) is 5.43 Å². The standard InChI is InChI=1S/C26H31N3O7/c1-25(2,3)36-23(32)28-16-15-26(4,21(28)30)29(24(33)35-18-20-13-9-6-10-14-20)27-22(31)34-17-19-11-7-5-8-12-19/h5-14H,15-18H2,1-4H3,(H,27,31). The second-order valence-electron chi connectivity index (χ2n) is 9.51. The Kier molecular flexibility index (Phi) is 8.18. The second-order valence-corrected chi connectivity index (χ2v) is 9.51. The highest BCUT2D eigenvalue weighted by atomic mass is 16.6. The average Bonchev–Trinajstić information content (AvgIpc) is 3.15. The van der Waals surface area contributed by atoms with E-state index in [9.17, 15) is 19.2 Å². The molecule has 1 fully saturated rings. The van der Waals surface area contributed by atoms with Crippen molar-refractivity contribution in [1.29, 1.82) is 0 Å². The molecule has 0 aromatic heterocycles. The molecule has 2 aromatic carbocycles. The minimum atomic E-state index is -1.61. The van der Waals surface area contributed by atoms with Gasteiger partial charge >= 0.3 is 18.3 Å². The molecule has 3 rings (SSSR count). The number of likely N-dealkylation sites (tertiary alicyclic amines) is 1. The van der Waals surface area contributed by atoms with Crippen LogP contribution in [-0.4, -0.2) is 51.8 Å². The van der Waals surface area contributed by atoms with Gasteiger partial charge in [-0.1, -0.05) is 60.7 Å². The van der Waals surface area contributed by atoms with E-state index in [-0.39, 0.29) is 26.2 Å². The first-order chi connectivity index (χ1) is 17.0. The first kappa shape index (κ1) is 26.5. The highest BCUT2D eigenvalue weighted by molar-refractivity contribution is 6.01. The molecule has 192 valence electrons. The van der Waals surface area contributed by atoms with Crippen molar-refractivity contribution in [2.45, 2.75) is 58.5 Å². The highest BCUT2D eigenvalue weighted by Gasteiger charge is 2.53. The summed E-state index contributed by atoms with van der Waals surface area (Å²) in [6.45, 7) is 6.35. The Morgan fingerprint density at radius 3 is 2.00 bits per heavy atom. The van der Waals surface area contributed by atoms with Crippen molar-refractivity contribution in [1.82, 2.24) is 15.3 Å². The number of hydrogen-bond acceptors (Lipinski definition) is 7. The molecule has 1 aliphatic rings. The molecule has 0 aliphatic carbocycles. The Hall–Kier alpha value is -4.08. The van der Waals surface area contributed by atoms with E-state index in [0.29, 0.717) is 0 Å². The van der Waals surface area contributed by atoms with Crippen molar-refractivity contribution < 1.29 is 33.4 Å². The Morgan fingerprint density at radius 2 is 1.47 bits per heavy atom. The molecule has 1 unspecified atom stereocenters. The van der Waals surface area contributed by atoms with E-state index in [1.54, 1.807) is 69.3 Å². The van der Waals surface area contributed by atoms with Crippen LogP contribution in [0.4, 0.5) is 14.4 Å². The van der Waals surface area contributed by atoms with Crippen LogP contribution >= 0.6 is 0 Å². The van der Waals surface area contributed by atoms with Gasteiger partial charge in [0.15, 0.2) is 0 Å². The minimum Gasteiger partial charge on any atom is -0.443 e. The van der Waals surface area contributed by atoms with Gasteiger partial charge in [0.05, 0.1) is 0 Å². The molecular formula is C26H31N3O7. The molecule has 1 N–H and O–H groups in total. The third-order valence-corrected chi connectivity index (χ3v) is 5.44. The van der Waals surface area contributed by atoms with Crippen LogP contribution in [0.3, 0.4) is 0 Å². The summed E-state index contributed by atoms with van der Waals surface area (Å²) in [5.41, 5.74) is 1.37. The zero-order valence-corrected chi connectivity index (χ0v) is 20.9. The van der Waals surface area contributed by atoms with E-state index < -0.39 is 35.3 Å². The number of benzene rings is 2. The summed E-state index contributed by atoms with van der Waals surface area (Å²) in [5.74, 6) is -0.711. The third kappa shape index (κ3) is 6.74. The fourth-order valence-electron chi connectivity index (χ4n) is 3.53. The van der Waals surface area contributed by atoms with E-state index in [4.69, 9.17) is 14.2 Å². The van der Waals surface area contributed by atoms with Gasteiger partial charge in [-0.05, 0) is 45.2 Å². The lowest BCUT2D eigenvalue weighted by Crippen LogP contribution is -2.62. The maximum absolute atomic E-state index is 13.3. The van der Waals surface area contributed by atoms with Crippen molar-refractivity contribution in [3.63, 3.8) is 0 Å². The van der Waals surface area contributed by atoms with Gasteiger partial charge < -0.3 is 14.2 Å². The molecule has 1 saturated heterocycles. The lowest BCUT2D eigenvalue weighted by atomic mass is 10.0.